The molecule has 1 saturated heterocycles. The van der Waals surface area contributed by atoms with Gasteiger partial charge in [0.05, 0.1) is 0 Å². The van der Waals surface area contributed by atoms with Crippen LogP contribution in [0, 0.1) is 26.7 Å². The van der Waals surface area contributed by atoms with Crippen molar-refractivity contribution in [3.05, 3.63) is 40.2 Å². The summed E-state index contributed by atoms with van der Waals surface area (Å²) in [5.41, 5.74) is 4.35. The van der Waals surface area contributed by atoms with Crippen molar-refractivity contribution in [3.63, 3.8) is 0 Å². The number of amides is 1. The Balaban J connectivity index is 1.62. The average molecular weight is 373 g/mol. The molecule has 5 nitrogen and oxygen atoms in total. The quantitative estimate of drug-likeness (QED) is 0.770. The fourth-order valence-corrected chi connectivity index (χ4v) is 4.16. The lowest BCUT2D eigenvalue weighted by atomic mass is 9.92. The summed E-state index contributed by atoms with van der Waals surface area (Å²) in [6, 6.07) is 4.16. The summed E-state index contributed by atoms with van der Waals surface area (Å²) >= 11 is 1.62. The molecule has 0 unspecified atom stereocenters. The lowest BCUT2D eigenvalue weighted by Gasteiger charge is -2.32. The fraction of sp³-hybridized carbons (Fsp3) is 0.550. The Labute approximate surface area is 160 Å². The van der Waals surface area contributed by atoms with Gasteiger partial charge in [-0.25, -0.2) is 0 Å². The highest BCUT2D eigenvalue weighted by Gasteiger charge is 2.26. The monoisotopic (exact) mass is 372 g/mol. The van der Waals surface area contributed by atoms with Crippen LogP contribution in [0.25, 0.3) is 0 Å². The summed E-state index contributed by atoms with van der Waals surface area (Å²) in [4.78, 5) is 15.0. The number of rotatable bonds is 4. The topological polar surface area (TPSA) is 51.0 Å². The average Bonchev–Trinajstić information content (AvgIpc) is 2.98. The number of carbonyl (C=O) groups excluding carboxylic acids is 1. The molecule has 0 saturated carbocycles. The van der Waals surface area contributed by atoms with Gasteiger partial charge in [0.2, 0.25) is 0 Å². The summed E-state index contributed by atoms with van der Waals surface area (Å²) in [6.45, 7) is 7.84. The van der Waals surface area contributed by atoms with Gasteiger partial charge in [-0.05, 0) is 68.5 Å². The lowest BCUT2D eigenvalue weighted by Crippen LogP contribution is -2.39. The van der Waals surface area contributed by atoms with E-state index >= 15 is 0 Å². The maximum absolute atomic E-state index is 12.9. The minimum Gasteiger partial charge on any atom is -0.339 e. The Morgan fingerprint density at radius 1 is 1.12 bits per heavy atom. The number of piperidine rings is 1. The van der Waals surface area contributed by atoms with Gasteiger partial charge in [-0.3, -0.25) is 4.79 Å². The molecule has 0 aliphatic carbocycles. The molecule has 1 aromatic heterocycles. The number of aromatic nitrogens is 3. The van der Waals surface area contributed by atoms with E-state index in [4.69, 9.17) is 0 Å². The molecule has 140 valence electrons. The van der Waals surface area contributed by atoms with Crippen LogP contribution in [0.3, 0.4) is 0 Å². The van der Waals surface area contributed by atoms with Crippen LogP contribution in [0.2, 0.25) is 0 Å². The number of hydrogen-bond acceptors (Lipinski definition) is 4. The van der Waals surface area contributed by atoms with Gasteiger partial charge in [0.1, 0.15) is 5.82 Å². The molecule has 6 heteroatoms. The third kappa shape index (κ3) is 3.80. The Bertz CT molecular complexity index is 806. The first-order valence-electron chi connectivity index (χ1n) is 9.20. The summed E-state index contributed by atoms with van der Waals surface area (Å²) in [6.07, 6.45) is 5.01. The van der Waals surface area contributed by atoms with Crippen LogP contribution < -0.4 is 0 Å². The first-order valence-corrected chi connectivity index (χ1v) is 10.4. The highest BCUT2D eigenvalue weighted by Crippen LogP contribution is 2.25. The molecule has 0 N–H and O–H groups in total. The molecule has 1 fully saturated rings. The molecule has 0 spiro atoms. The summed E-state index contributed by atoms with van der Waals surface area (Å²) in [7, 11) is 2.03. The van der Waals surface area contributed by atoms with Crippen LogP contribution in [-0.2, 0) is 13.5 Å². The van der Waals surface area contributed by atoms with Crippen LogP contribution in [-0.4, -0.2) is 44.9 Å². The van der Waals surface area contributed by atoms with E-state index in [2.05, 4.69) is 34.7 Å². The normalized spacial score (nSPS) is 15.5. The maximum Gasteiger partial charge on any atom is 0.254 e. The number of aryl methyl sites for hydroxylation is 3. The van der Waals surface area contributed by atoms with E-state index in [1.165, 1.54) is 11.1 Å². The second-order valence-electron chi connectivity index (χ2n) is 7.35. The highest BCUT2D eigenvalue weighted by atomic mass is 32.2. The number of nitrogens with zero attached hydrogens (tertiary/aromatic N) is 4. The van der Waals surface area contributed by atoms with Gasteiger partial charge in [-0.15, -0.1) is 10.2 Å². The molecule has 2 aromatic rings. The molecule has 1 amide bonds. The molecule has 26 heavy (non-hydrogen) atoms. The van der Waals surface area contributed by atoms with Crippen LogP contribution in [0.15, 0.2) is 17.3 Å². The second kappa shape index (κ2) is 7.82. The zero-order valence-electron chi connectivity index (χ0n) is 16.4. The number of benzene rings is 1. The van der Waals surface area contributed by atoms with Gasteiger partial charge in [-0.1, -0.05) is 17.8 Å². The first-order chi connectivity index (χ1) is 12.4. The lowest BCUT2D eigenvalue weighted by molar-refractivity contribution is 0.0688. The van der Waals surface area contributed by atoms with Gasteiger partial charge in [0.15, 0.2) is 5.16 Å². The minimum atomic E-state index is 0.173. The van der Waals surface area contributed by atoms with Crippen LogP contribution >= 0.6 is 11.8 Å². The third-order valence-corrected chi connectivity index (χ3v) is 6.27. The smallest absolute Gasteiger partial charge is 0.254 e. The molecule has 0 atom stereocenters. The highest BCUT2D eigenvalue weighted by molar-refractivity contribution is 7.98. The molecule has 0 bridgehead atoms. The predicted octanol–water partition coefficient (Wildman–Crippen LogP) is 3.56. The van der Waals surface area contributed by atoms with Gasteiger partial charge >= 0.3 is 0 Å². The van der Waals surface area contributed by atoms with Gasteiger partial charge < -0.3 is 9.47 Å². The second-order valence-corrected chi connectivity index (χ2v) is 8.13. The Morgan fingerprint density at radius 3 is 2.38 bits per heavy atom. The van der Waals surface area contributed by atoms with Crippen molar-refractivity contribution in [2.24, 2.45) is 13.0 Å². The van der Waals surface area contributed by atoms with Gasteiger partial charge in [-0.2, -0.15) is 0 Å². The minimum absolute atomic E-state index is 0.173. The summed E-state index contributed by atoms with van der Waals surface area (Å²) in [5, 5.41) is 9.50. The van der Waals surface area contributed by atoms with Gasteiger partial charge in [0.25, 0.3) is 5.91 Å². The predicted molar refractivity (Wildman–Crippen MR) is 106 cm³/mol. The molecule has 3 rings (SSSR count). The van der Waals surface area contributed by atoms with Crippen molar-refractivity contribution in [3.8, 4) is 0 Å². The molecular weight excluding hydrogens is 344 g/mol. The summed E-state index contributed by atoms with van der Waals surface area (Å²) < 4.78 is 2.08. The van der Waals surface area contributed by atoms with E-state index in [-0.39, 0.29) is 5.91 Å². The number of carbonyl (C=O) groups is 1. The molecule has 1 aliphatic rings. The van der Waals surface area contributed by atoms with E-state index in [9.17, 15) is 4.79 Å². The van der Waals surface area contributed by atoms with E-state index in [1.807, 2.05) is 31.2 Å². The zero-order valence-corrected chi connectivity index (χ0v) is 17.2. The number of thioether (sulfide) groups is 1. The zero-order chi connectivity index (χ0) is 18.8. The Morgan fingerprint density at radius 2 is 1.77 bits per heavy atom. The van der Waals surface area contributed by atoms with Crippen molar-refractivity contribution in [1.29, 1.82) is 0 Å². The standard InChI is InChI=1S/C20H28N4OS/c1-13-10-15(3)17(11-14(13)2)19(25)24-8-6-16(7-9-24)12-18-21-22-20(26-5)23(18)4/h10-11,16H,6-9,12H2,1-5H3. The van der Waals surface area contributed by atoms with E-state index in [1.54, 1.807) is 11.8 Å². The third-order valence-electron chi connectivity index (χ3n) is 5.55. The summed E-state index contributed by atoms with van der Waals surface area (Å²) in [5.74, 6) is 1.79. The molecule has 1 aliphatic heterocycles. The largest absolute Gasteiger partial charge is 0.339 e. The number of hydrogen-bond donors (Lipinski definition) is 0. The van der Waals surface area contributed by atoms with E-state index < -0.39 is 0 Å². The van der Waals surface area contributed by atoms with Crippen molar-refractivity contribution in [2.75, 3.05) is 19.3 Å². The molecule has 2 heterocycles. The van der Waals surface area contributed by atoms with Crippen LogP contribution in [0.4, 0.5) is 0 Å². The molecule has 0 radical (unpaired) electrons. The SMILES string of the molecule is CSc1nnc(CC2CCN(C(=O)c3cc(C)c(C)cc3C)CC2)n1C. The van der Waals surface area contributed by atoms with E-state index in [0.717, 1.165) is 54.5 Å². The van der Waals surface area contributed by atoms with Crippen molar-refractivity contribution in [2.45, 2.75) is 45.2 Å². The van der Waals surface area contributed by atoms with Crippen LogP contribution in [0.1, 0.15) is 45.7 Å². The van der Waals surface area contributed by atoms with E-state index in [0.29, 0.717) is 5.92 Å². The van der Waals surface area contributed by atoms with Gasteiger partial charge in [0, 0.05) is 32.1 Å². The fourth-order valence-electron chi connectivity index (χ4n) is 3.66. The van der Waals surface area contributed by atoms with Crippen molar-refractivity contribution in [1.82, 2.24) is 19.7 Å². The Hall–Kier alpha value is -1.82. The van der Waals surface area contributed by atoms with Crippen LogP contribution in [0.5, 0.6) is 0 Å². The first kappa shape index (κ1) is 19.0. The van der Waals surface area contributed by atoms with Crippen molar-refractivity contribution < 1.29 is 4.79 Å². The molecule has 1 aromatic carbocycles. The maximum atomic E-state index is 12.9. The molecular formula is C20H28N4OS. The van der Waals surface area contributed by atoms with Crippen molar-refractivity contribution >= 4 is 17.7 Å². The Kier molecular flexibility index (Phi) is 5.70. The number of likely N-dealkylation sites (tertiary alicyclic amines) is 1.